The van der Waals surface area contributed by atoms with Crippen LogP contribution < -0.4 is 15.5 Å². The fourth-order valence-corrected chi connectivity index (χ4v) is 3.23. The molecule has 0 bridgehead atoms. The van der Waals surface area contributed by atoms with Gasteiger partial charge in [0.2, 0.25) is 0 Å². The molecule has 0 atom stereocenters. The molecule has 0 aliphatic carbocycles. The molecule has 3 aromatic carbocycles. The van der Waals surface area contributed by atoms with Crippen LogP contribution in [-0.4, -0.2) is 30.5 Å². The number of esters is 1. The van der Waals surface area contributed by atoms with E-state index in [2.05, 4.69) is 31.8 Å². The van der Waals surface area contributed by atoms with Crippen molar-refractivity contribution in [1.29, 1.82) is 0 Å². The Morgan fingerprint density at radius 1 is 0.969 bits per heavy atom. The van der Waals surface area contributed by atoms with Crippen molar-refractivity contribution >= 4 is 51.5 Å². The third-order valence-electron chi connectivity index (χ3n) is 4.09. The molecular weight excluding hydrogens is 498 g/mol. The first kappa shape index (κ1) is 23.2. The highest BCUT2D eigenvalue weighted by Crippen LogP contribution is 2.19. The molecule has 0 aromatic heterocycles. The Balaban J connectivity index is 1.52. The quantitative estimate of drug-likeness (QED) is 0.214. The minimum absolute atomic E-state index is 0.273. The van der Waals surface area contributed by atoms with Gasteiger partial charge in [-0.2, -0.15) is 5.10 Å². The molecule has 0 heterocycles. The van der Waals surface area contributed by atoms with Crippen molar-refractivity contribution in [3.05, 3.63) is 99.0 Å². The monoisotopic (exact) mass is 513 g/mol. The van der Waals surface area contributed by atoms with Gasteiger partial charge in [0, 0.05) is 4.47 Å². The number of nitrogens with zero attached hydrogens (tertiary/aromatic N) is 1. The zero-order valence-electron chi connectivity index (χ0n) is 16.5. The van der Waals surface area contributed by atoms with Crippen LogP contribution in [0.3, 0.4) is 0 Å². The van der Waals surface area contributed by atoms with E-state index < -0.39 is 17.8 Å². The minimum Gasteiger partial charge on any atom is -0.423 e. The van der Waals surface area contributed by atoms with Gasteiger partial charge in [-0.15, -0.1) is 0 Å². The Morgan fingerprint density at radius 2 is 1.69 bits per heavy atom. The second-order valence-electron chi connectivity index (χ2n) is 6.40. The Morgan fingerprint density at radius 3 is 2.44 bits per heavy atom. The molecule has 0 saturated carbocycles. The number of ether oxygens (including phenoxy) is 1. The van der Waals surface area contributed by atoms with Gasteiger partial charge in [-0.3, -0.25) is 9.59 Å². The summed E-state index contributed by atoms with van der Waals surface area (Å²) < 4.78 is 6.02. The molecule has 0 unspecified atom stereocenters. The summed E-state index contributed by atoms with van der Waals surface area (Å²) in [6, 6.07) is 20.1. The van der Waals surface area contributed by atoms with Gasteiger partial charge < -0.3 is 10.1 Å². The van der Waals surface area contributed by atoms with Crippen LogP contribution in [0.2, 0.25) is 5.02 Å². The van der Waals surface area contributed by atoms with E-state index in [4.69, 9.17) is 16.3 Å². The number of carbonyl (C=O) groups excluding carboxylic acids is 3. The van der Waals surface area contributed by atoms with E-state index >= 15 is 0 Å². The van der Waals surface area contributed by atoms with Crippen molar-refractivity contribution in [2.45, 2.75) is 0 Å². The fraction of sp³-hybridized carbons (Fsp3) is 0.0435. The van der Waals surface area contributed by atoms with Gasteiger partial charge >= 0.3 is 5.97 Å². The molecule has 2 amide bonds. The number of benzene rings is 3. The molecule has 32 heavy (non-hydrogen) atoms. The molecule has 0 spiro atoms. The van der Waals surface area contributed by atoms with Crippen LogP contribution in [0.15, 0.2) is 82.4 Å². The predicted octanol–water partition coefficient (Wildman–Crippen LogP) is 4.20. The fourth-order valence-electron chi connectivity index (χ4n) is 2.57. The summed E-state index contributed by atoms with van der Waals surface area (Å²) in [5.74, 6) is -1.16. The molecule has 0 aliphatic rings. The van der Waals surface area contributed by atoms with Crippen molar-refractivity contribution in [2.24, 2.45) is 5.10 Å². The standard InChI is InChI=1S/C23H17BrClN3O4/c24-19-10-3-1-8-17(19)23(31)32-16-7-5-6-15(12-16)13-27-28-21(29)14-26-22(30)18-9-2-4-11-20(18)25/h1-13H,14H2,(H,26,30)(H,28,29). The summed E-state index contributed by atoms with van der Waals surface area (Å²) >= 11 is 9.27. The first-order valence-corrected chi connectivity index (χ1v) is 10.5. The minimum atomic E-state index is -0.516. The van der Waals surface area contributed by atoms with E-state index in [1.807, 2.05) is 0 Å². The number of rotatable bonds is 7. The summed E-state index contributed by atoms with van der Waals surface area (Å²) in [5.41, 5.74) is 3.59. The van der Waals surface area contributed by atoms with E-state index in [1.54, 1.807) is 72.8 Å². The van der Waals surface area contributed by atoms with Crippen LogP contribution in [0.4, 0.5) is 0 Å². The average Bonchev–Trinajstić information content (AvgIpc) is 2.78. The molecule has 9 heteroatoms. The summed E-state index contributed by atoms with van der Waals surface area (Å²) in [7, 11) is 0. The predicted molar refractivity (Wildman–Crippen MR) is 125 cm³/mol. The highest BCUT2D eigenvalue weighted by atomic mass is 79.9. The smallest absolute Gasteiger partial charge is 0.344 e. The first-order valence-electron chi connectivity index (χ1n) is 9.35. The largest absolute Gasteiger partial charge is 0.423 e. The maximum Gasteiger partial charge on any atom is 0.344 e. The Kier molecular flexibility index (Phi) is 8.13. The number of amides is 2. The Labute approximate surface area is 197 Å². The lowest BCUT2D eigenvalue weighted by atomic mass is 10.2. The Hall–Kier alpha value is -3.49. The molecule has 0 radical (unpaired) electrons. The summed E-state index contributed by atoms with van der Waals surface area (Å²) in [4.78, 5) is 36.3. The molecule has 0 saturated heterocycles. The van der Waals surface area contributed by atoms with E-state index in [9.17, 15) is 14.4 Å². The molecule has 2 N–H and O–H groups in total. The lowest BCUT2D eigenvalue weighted by molar-refractivity contribution is -0.120. The van der Waals surface area contributed by atoms with Crippen LogP contribution in [0.25, 0.3) is 0 Å². The molecular formula is C23H17BrClN3O4. The summed E-state index contributed by atoms with van der Waals surface area (Å²) in [6.45, 7) is -0.273. The van der Waals surface area contributed by atoms with E-state index in [0.717, 1.165) is 0 Å². The number of hydrogen-bond donors (Lipinski definition) is 2. The van der Waals surface area contributed by atoms with Crippen LogP contribution in [0.1, 0.15) is 26.3 Å². The summed E-state index contributed by atoms with van der Waals surface area (Å²) in [6.07, 6.45) is 1.39. The van der Waals surface area contributed by atoms with Gasteiger partial charge in [-0.1, -0.05) is 48.0 Å². The number of nitrogens with one attached hydrogen (secondary N) is 2. The molecule has 0 aliphatic heterocycles. The van der Waals surface area contributed by atoms with Crippen molar-refractivity contribution in [2.75, 3.05) is 6.54 Å². The average molecular weight is 515 g/mol. The lowest BCUT2D eigenvalue weighted by Crippen LogP contribution is -2.35. The SMILES string of the molecule is O=C(CNC(=O)c1ccccc1Cl)NN=Cc1cccc(OC(=O)c2ccccc2Br)c1. The molecule has 3 aromatic rings. The van der Waals surface area contributed by atoms with Gasteiger partial charge in [0.25, 0.3) is 11.8 Å². The van der Waals surface area contributed by atoms with Gasteiger partial charge in [0.1, 0.15) is 5.75 Å². The van der Waals surface area contributed by atoms with Crippen molar-refractivity contribution in [3.63, 3.8) is 0 Å². The van der Waals surface area contributed by atoms with Crippen molar-refractivity contribution in [3.8, 4) is 5.75 Å². The van der Waals surface area contributed by atoms with E-state index in [0.29, 0.717) is 26.4 Å². The highest BCUT2D eigenvalue weighted by Gasteiger charge is 2.12. The second kappa shape index (κ2) is 11.2. The zero-order chi connectivity index (χ0) is 22.9. The molecule has 7 nitrogen and oxygen atoms in total. The Bertz CT molecular complexity index is 1180. The lowest BCUT2D eigenvalue weighted by Gasteiger charge is -2.07. The second-order valence-corrected chi connectivity index (χ2v) is 7.66. The van der Waals surface area contributed by atoms with Gasteiger partial charge in [0.15, 0.2) is 0 Å². The van der Waals surface area contributed by atoms with Gasteiger partial charge in [-0.25, -0.2) is 10.2 Å². The van der Waals surface area contributed by atoms with Crippen LogP contribution in [0.5, 0.6) is 5.75 Å². The van der Waals surface area contributed by atoms with Gasteiger partial charge in [0.05, 0.1) is 28.9 Å². The maximum atomic E-state index is 12.3. The van der Waals surface area contributed by atoms with E-state index in [1.165, 1.54) is 6.21 Å². The third kappa shape index (κ3) is 6.50. The molecule has 0 fully saturated rings. The van der Waals surface area contributed by atoms with Crippen LogP contribution in [0, 0.1) is 0 Å². The summed E-state index contributed by atoms with van der Waals surface area (Å²) in [5, 5.41) is 6.62. The van der Waals surface area contributed by atoms with Crippen LogP contribution in [-0.2, 0) is 4.79 Å². The van der Waals surface area contributed by atoms with Crippen molar-refractivity contribution in [1.82, 2.24) is 10.7 Å². The molecule has 3 rings (SSSR count). The molecule has 162 valence electrons. The van der Waals surface area contributed by atoms with Crippen molar-refractivity contribution < 1.29 is 19.1 Å². The number of carbonyl (C=O) groups is 3. The normalized spacial score (nSPS) is 10.6. The number of hydrazone groups is 1. The number of halogens is 2. The highest BCUT2D eigenvalue weighted by molar-refractivity contribution is 9.10. The first-order chi connectivity index (χ1) is 15.4. The maximum absolute atomic E-state index is 12.3. The van der Waals surface area contributed by atoms with E-state index in [-0.39, 0.29) is 12.1 Å². The third-order valence-corrected chi connectivity index (χ3v) is 5.11. The van der Waals surface area contributed by atoms with Crippen LogP contribution >= 0.6 is 27.5 Å². The number of hydrogen-bond acceptors (Lipinski definition) is 5. The zero-order valence-corrected chi connectivity index (χ0v) is 18.9. The van der Waals surface area contributed by atoms with Gasteiger partial charge in [-0.05, 0) is 57.9 Å². The topological polar surface area (TPSA) is 96.9 Å².